The first-order valence-corrected chi connectivity index (χ1v) is 13.6. The Kier molecular flexibility index (Phi) is 8.14. The number of benzene rings is 3. The van der Waals surface area contributed by atoms with Crippen molar-refractivity contribution in [1.29, 1.82) is 0 Å². The molecule has 0 N–H and O–H groups in total. The normalized spacial score (nSPS) is 14.8. The topological polar surface area (TPSA) is 76.2 Å². The van der Waals surface area contributed by atoms with Gasteiger partial charge in [-0.15, -0.1) is 0 Å². The molecule has 1 heterocycles. The fourth-order valence-electron chi connectivity index (χ4n) is 4.65. The standard InChI is InChI=1S/C28H31FN2O5S/c1-4-20-18-26(36-3)12-13-27(20)37(33,34)31(24-6-5-7-25(19-24)35-2)30-16-14-22(15-17-30)28(32)21-8-10-23(29)11-9-21/h5-13,18-19,22H,4,14-17H2,1-3H3. The summed E-state index contributed by atoms with van der Waals surface area (Å²) in [7, 11) is -0.944. The number of aryl methyl sites for hydroxylation is 1. The number of ether oxygens (including phenoxy) is 2. The monoisotopic (exact) mass is 526 g/mol. The number of carbonyl (C=O) groups excluding carboxylic acids is 1. The van der Waals surface area contributed by atoms with Gasteiger partial charge in [0.25, 0.3) is 10.0 Å². The van der Waals surface area contributed by atoms with Crippen LogP contribution in [0.15, 0.2) is 71.6 Å². The van der Waals surface area contributed by atoms with Gasteiger partial charge >= 0.3 is 0 Å². The van der Waals surface area contributed by atoms with Crippen LogP contribution in [0.3, 0.4) is 0 Å². The van der Waals surface area contributed by atoms with E-state index < -0.39 is 15.8 Å². The molecular formula is C28H31FN2O5S. The summed E-state index contributed by atoms with van der Waals surface area (Å²) in [6, 6.07) is 17.4. The molecule has 1 fully saturated rings. The number of halogens is 1. The molecule has 1 aliphatic heterocycles. The Hall–Kier alpha value is -3.43. The molecule has 0 aromatic heterocycles. The fraction of sp³-hybridized carbons (Fsp3) is 0.321. The number of hydrogen-bond donors (Lipinski definition) is 0. The molecule has 1 aliphatic rings. The number of carbonyl (C=O) groups is 1. The fourth-order valence-corrected chi connectivity index (χ4v) is 6.47. The number of anilines is 1. The highest BCUT2D eigenvalue weighted by atomic mass is 32.2. The number of hydrazine groups is 1. The van der Waals surface area contributed by atoms with Crippen LogP contribution >= 0.6 is 0 Å². The molecule has 3 aromatic carbocycles. The van der Waals surface area contributed by atoms with Crippen LogP contribution in [0.25, 0.3) is 0 Å². The van der Waals surface area contributed by atoms with E-state index in [0.717, 1.165) is 0 Å². The number of nitrogens with zero attached hydrogens (tertiary/aromatic N) is 2. The van der Waals surface area contributed by atoms with Crippen molar-refractivity contribution in [3.63, 3.8) is 0 Å². The second-order valence-corrected chi connectivity index (χ2v) is 10.6. The number of sulfonamides is 1. The number of methoxy groups -OCH3 is 2. The average Bonchev–Trinajstić information content (AvgIpc) is 2.93. The number of Topliss-reactive ketones (excluding diaryl/α,β-unsaturated/α-hetero) is 1. The largest absolute Gasteiger partial charge is 0.497 e. The van der Waals surface area contributed by atoms with E-state index in [1.165, 1.54) is 35.8 Å². The minimum Gasteiger partial charge on any atom is -0.497 e. The van der Waals surface area contributed by atoms with E-state index in [0.29, 0.717) is 60.7 Å². The summed E-state index contributed by atoms with van der Waals surface area (Å²) in [6.07, 6.45) is 1.44. The Labute approximate surface area is 217 Å². The molecule has 0 spiro atoms. The van der Waals surface area contributed by atoms with Crippen molar-refractivity contribution in [3.8, 4) is 11.5 Å². The van der Waals surface area contributed by atoms with E-state index in [1.807, 2.05) is 6.92 Å². The maximum absolute atomic E-state index is 14.2. The lowest BCUT2D eigenvalue weighted by Crippen LogP contribution is -2.51. The van der Waals surface area contributed by atoms with Crippen molar-refractivity contribution in [2.75, 3.05) is 31.7 Å². The summed E-state index contributed by atoms with van der Waals surface area (Å²) in [5.41, 5.74) is 1.55. The van der Waals surface area contributed by atoms with E-state index in [9.17, 15) is 17.6 Å². The molecule has 0 amide bonds. The van der Waals surface area contributed by atoms with E-state index in [-0.39, 0.29) is 16.6 Å². The third kappa shape index (κ3) is 5.62. The molecular weight excluding hydrogens is 495 g/mol. The van der Waals surface area contributed by atoms with Crippen molar-refractivity contribution in [1.82, 2.24) is 5.01 Å². The number of ketones is 1. The minimum absolute atomic E-state index is 0.0566. The van der Waals surface area contributed by atoms with Crippen molar-refractivity contribution in [3.05, 3.63) is 83.7 Å². The molecule has 0 radical (unpaired) electrons. The van der Waals surface area contributed by atoms with Gasteiger partial charge in [0.15, 0.2) is 5.78 Å². The van der Waals surface area contributed by atoms with Gasteiger partial charge < -0.3 is 9.47 Å². The van der Waals surface area contributed by atoms with Gasteiger partial charge in [-0.05, 0) is 79.4 Å². The second kappa shape index (κ2) is 11.3. The maximum atomic E-state index is 14.2. The Balaban J connectivity index is 1.67. The first kappa shape index (κ1) is 26.6. The molecule has 4 rings (SSSR count). The molecule has 0 saturated carbocycles. The van der Waals surface area contributed by atoms with Crippen LogP contribution < -0.4 is 13.9 Å². The van der Waals surface area contributed by atoms with Crippen LogP contribution in [0.1, 0.15) is 35.7 Å². The van der Waals surface area contributed by atoms with Gasteiger partial charge in [-0.25, -0.2) is 9.40 Å². The summed E-state index contributed by atoms with van der Waals surface area (Å²) in [5.74, 6) is 0.395. The molecule has 0 aliphatic carbocycles. The highest BCUT2D eigenvalue weighted by molar-refractivity contribution is 7.92. The van der Waals surface area contributed by atoms with Gasteiger partial charge in [0.1, 0.15) is 17.3 Å². The summed E-state index contributed by atoms with van der Waals surface area (Å²) >= 11 is 0. The quantitative estimate of drug-likeness (QED) is 0.361. The second-order valence-electron chi connectivity index (χ2n) is 8.88. The van der Waals surface area contributed by atoms with Crippen LogP contribution in [0.5, 0.6) is 11.5 Å². The van der Waals surface area contributed by atoms with Gasteiger partial charge in [-0.3, -0.25) is 4.79 Å². The van der Waals surface area contributed by atoms with Crippen LogP contribution in [0.4, 0.5) is 10.1 Å². The van der Waals surface area contributed by atoms with Gasteiger partial charge in [-0.2, -0.15) is 12.8 Å². The number of piperidine rings is 1. The molecule has 9 heteroatoms. The highest BCUT2D eigenvalue weighted by Gasteiger charge is 2.36. The maximum Gasteiger partial charge on any atom is 0.278 e. The van der Waals surface area contributed by atoms with Crippen LogP contribution in [-0.4, -0.2) is 46.5 Å². The Morgan fingerprint density at radius 1 is 0.973 bits per heavy atom. The molecule has 0 unspecified atom stereocenters. The zero-order valence-electron chi connectivity index (χ0n) is 21.2. The van der Waals surface area contributed by atoms with E-state index in [4.69, 9.17) is 9.47 Å². The predicted molar refractivity (Wildman–Crippen MR) is 140 cm³/mol. The molecule has 7 nitrogen and oxygen atoms in total. The zero-order chi connectivity index (χ0) is 26.6. The SMILES string of the molecule is CCc1cc(OC)ccc1S(=O)(=O)N(c1cccc(OC)c1)N1CCC(C(=O)c2ccc(F)cc2)CC1. The van der Waals surface area contributed by atoms with Crippen molar-refractivity contribution in [2.45, 2.75) is 31.1 Å². The van der Waals surface area contributed by atoms with E-state index >= 15 is 0 Å². The summed E-state index contributed by atoms with van der Waals surface area (Å²) < 4.78 is 53.7. The zero-order valence-corrected chi connectivity index (χ0v) is 22.0. The molecule has 0 bridgehead atoms. The van der Waals surface area contributed by atoms with Crippen molar-refractivity contribution >= 4 is 21.5 Å². The van der Waals surface area contributed by atoms with Crippen LogP contribution in [-0.2, 0) is 16.4 Å². The molecule has 1 saturated heterocycles. The van der Waals surface area contributed by atoms with Gasteiger partial charge in [0, 0.05) is 30.6 Å². The molecule has 0 atom stereocenters. The highest BCUT2D eigenvalue weighted by Crippen LogP contribution is 2.34. The molecule has 3 aromatic rings. The minimum atomic E-state index is -4.02. The first-order valence-electron chi connectivity index (χ1n) is 12.2. The van der Waals surface area contributed by atoms with Gasteiger partial charge in [-0.1, -0.05) is 13.0 Å². The van der Waals surface area contributed by atoms with Crippen LogP contribution in [0, 0.1) is 11.7 Å². The lowest BCUT2D eigenvalue weighted by Gasteiger charge is -2.40. The summed E-state index contributed by atoms with van der Waals surface area (Å²) in [4.78, 5) is 13.2. The van der Waals surface area contributed by atoms with Crippen LogP contribution in [0.2, 0.25) is 0 Å². The first-order chi connectivity index (χ1) is 17.8. The molecule has 196 valence electrons. The van der Waals surface area contributed by atoms with E-state index in [2.05, 4.69) is 0 Å². The van der Waals surface area contributed by atoms with Gasteiger partial charge in [0.2, 0.25) is 0 Å². The Bertz CT molecular complexity index is 1350. The lowest BCUT2D eigenvalue weighted by molar-refractivity contribution is 0.0845. The molecule has 37 heavy (non-hydrogen) atoms. The summed E-state index contributed by atoms with van der Waals surface area (Å²) in [5, 5.41) is 1.77. The van der Waals surface area contributed by atoms with Crippen molar-refractivity contribution in [2.24, 2.45) is 5.92 Å². The third-order valence-electron chi connectivity index (χ3n) is 6.66. The van der Waals surface area contributed by atoms with Crippen molar-refractivity contribution < 1.29 is 27.1 Å². The lowest BCUT2D eigenvalue weighted by atomic mass is 9.89. The summed E-state index contributed by atoms with van der Waals surface area (Å²) in [6.45, 7) is 2.60. The van der Waals surface area contributed by atoms with Gasteiger partial charge in [0.05, 0.1) is 24.8 Å². The smallest absolute Gasteiger partial charge is 0.278 e. The average molecular weight is 527 g/mol. The van der Waals surface area contributed by atoms with E-state index in [1.54, 1.807) is 54.6 Å². The Morgan fingerprint density at radius 3 is 2.24 bits per heavy atom. The number of hydrogen-bond acceptors (Lipinski definition) is 6. The predicted octanol–water partition coefficient (Wildman–Crippen LogP) is 5.11. The Morgan fingerprint density at radius 2 is 1.62 bits per heavy atom. The number of rotatable bonds is 9. The third-order valence-corrected chi connectivity index (χ3v) is 8.51.